The average molecular weight is 326 g/mol. The molecule has 7 nitrogen and oxygen atoms in total. The fraction of sp³-hybridized carbons (Fsp3) is 0.529. The summed E-state index contributed by atoms with van der Waals surface area (Å²) in [5, 5.41) is 0. The number of anilines is 1. The topological polar surface area (TPSA) is 67.2 Å². The summed E-state index contributed by atoms with van der Waals surface area (Å²) in [4.78, 5) is 29.1. The van der Waals surface area contributed by atoms with Gasteiger partial charge in [-0.1, -0.05) is 0 Å². The number of aryl methyl sites for hydroxylation is 1. The van der Waals surface area contributed by atoms with Crippen LogP contribution >= 0.6 is 0 Å². The van der Waals surface area contributed by atoms with Crippen molar-refractivity contribution >= 4 is 5.82 Å². The lowest BCUT2D eigenvalue weighted by molar-refractivity contribution is 0.299. The van der Waals surface area contributed by atoms with Crippen molar-refractivity contribution in [2.75, 3.05) is 31.1 Å². The third-order valence-corrected chi connectivity index (χ3v) is 5.28. The molecule has 2 saturated heterocycles. The molecule has 0 saturated carbocycles. The van der Waals surface area contributed by atoms with E-state index in [-0.39, 0.29) is 5.56 Å². The summed E-state index contributed by atoms with van der Waals surface area (Å²) >= 11 is 0. The van der Waals surface area contributed by atoms with Crippen molar-refractivity contribution < 1.29 is 0 Å². The maximum atomic E-state index is 11.7. The van der Waals surface area contributed by atoms with Crippen LogP contribution in [0.25, 0.3) is 0 Å². The minimum atomic E-state index is -0.0442. The van der Waals surface area contributed by atoms with Crippen molar-refractivity contribution in [1.82, 2.24) is 24.4 Å². The van der Waals surface area contributed by atoms with Gasteiger partial charge in [0.05, 0.1) is 11.9 Å². The predicted octanol–water partition coefficient (Wildman–Crippen LogP) is 0.447. The second-order valence-corrected chi connectivity index (χ2v) is 6.94. The summed E-state index contributed by atoms with van der Waals surface area (Å²) in [7, 11) is 1.82. The molecule has 7 heteroatoms. The standard InChI is InChI=1S/C17H22N6O/c1-12-3-19-11-20-17(12)23-8-13-6-22(7-14(13)9-23)10-15-4-18-5-16(24)21(15)2/h3-5,11,13-14H,6-10H2,1-2H3. The molecule has 0 amide bonds. The average Bonchev–Trinajstić information content (AvgIpc) is 3.10. The number of aromatic nitrogens is 4. The lowest BCUT2D eigenvalue weighted by Crippen LogP contribution is -2.31. The molecule has 2 atom stereocenters. The molecule has 0 aliphatic carbocycles. The highest BCUT2D eigenvalue weighted by Crippen LogP contribution is 2.34. The second kappa shape index (κ2) is 5.98. The monoisotopic (exact) mass is 326 g/mol. The van der Waals surface area contributed by atoms with Gasteiger partial charge in [0.25, 0.3) is 5.56 Å². The lowest BCUT2D eigenvalue weighted by Gasteiger charge is -2.23. The highest BCUT2D eigenvalue weighted by molar-refractivity contribution is 5.46. The fourth-order valence-electron chi connectivity index (χ4n) is 3.99. The van der Waals surface area contributed by atoms with Crippen molar-refractivity contribution in [3.63, 3.8) is 0 Å². The van der Waals surface area contributed by atoms with Gasteiger partial charge < -0.3 is 9.47 Å². The minimum Gasteiger partial charge on any atom is -0.356 e. The van der Waals surface area contributed by atoms with E-state index in [4.69, 9.17) is 0 Å². The maximum Gasteiger partial charge on any atom is 0.268 e. The number of hydrogen-bond donors (Lipinski definition) is 0. The SMILES string of the molecule is Cc1cncnc1N1CC2CN(Cc3cncc(=O)n3C)CC2C1. The molecule has 0 spiro atoms. The third kappa shape index (κ3) is 2.69. The highest BCUT2D eigenvalue weighted by atomic mass is 16.1. The molecule has 4 rings (SSSR count). The molecule has 2 aromatic heterocycles. The predicted molar refractivity (Wildman–Crippen MR) is 90.7 cm³/mol. The van der Waals surface area contributed by atoms with Gasteiger partial charge in [-0.15, -0.1) is 0 Å². The molecule has 2 unspecified atom stereocenters. The Morgan fingerprint density at radius 3 is 2.54 bits per heavy atom. The van der Waals surface area contributed by atoms with Gasteiger partial charge in [0.15, 0.2) is 0 Å². The van der Waals surface area contributed by atoms with Crippen LogP contribution in [0.1, 0.15) is 11.3 Å². The van der Waals surface area contributed by atoms with Crippen molar-refractivity contribution in [3.8, 4) is 0 Å². The Hall–Kier alpha value is -2.28. The molecular formula is C17H22N6O. The van der Waals surface area contributed by atoms with Crippen LogP contribution in [0.15, 0.2) is 29.7 Å². The van der Waals surface area contributed by atoms with Crippen LogP contribution in [0.3, 0.4) is 0 Å². The Labute approximate surface area is 141 Å². The van der Waals surface area contributed by atoms with Gasteiger partial charge in [-0.2, -0.15) is 0 Å². The molecule has 0 radical (unpaired) electrons. The van der Waals surface area contributed by atoms with E-state index < -0.39 is 0 Å². The molecule has 2 aliphatic rings. The van der Waals surface area contributed by atoms with Crippen molar-refractivity contribution in [2.24, 2.45) is 18.9 Å². The van der Waals surface area contributed by atoms with Crippen molar-refractivity contribution in [1.29, 1.82) is 0 Å². The molecule has 2 fully saturated rings. The first-order chi connectivity index (χ1) is 11.6. The summed E-state index contributed by atoms with van der Waals surface area (Å²) in [6.07, 6.45) is 6.67. The Bertz CT molecular complexity index is 790. The highest BCUT2D eigenvalue weighted by Gasteiger charge is 2.40. The molecule has 24 heavy (non-hydrogen) atoms. The Balaban J connectivity index is 1.42. The molecule has 2 aliphatic heterocycles. The number of fused-ring (bicyclic) bond motifs is 1. The van der Waals surface area contributed by atoms with Crippen LogP contribution < -0.4 is 10.5 Å². The van der Waals surface area contributed by atoms with Crippen LogP contribution in [0.4, 0.5) is 5.82 Å². The van der Waals surface area contributed by atoms with Gasteiger partial charge in [0, 0.05) is 57.7 Å². The molecule has 0 bridgehead atoms. The van der Waals surface area contributed by atoms with Crippen molar-refractivity contribution in [3.05, 3.63) is 46.5 Å². The second-order valence-electron chi connectivity index (χ2n) is 6.94. The smallest absolute Gasteiger partial charge is 0.268 e. The Morgan fingerprint density at radius 2 is 1.83 bits per heavy atom. The quantitative estimate of drug-likeness (QED) is 0.816. The van der Waals surface area contributed by atoms with E-state index in [1.165, 1.54) is 6.20 Å². The van der Waals surface area contributed by atoms with Crippen LogP contribution in [0.2, 0.25) is 0 Å². The maximum absolute atomic E-state index is 11.7. The van der Waals surface area contributed by atoms with E-state index in [0.717, 1.165) is 49.8 Å². The Kier molecular flexibility index (Phi) is 3.80. The molecule has 0 aromatic carbocycles. The summed E-state index contributed by atoms with van der Waals surface area (Å²) < 4.78 is 1.69. The normalized spacial score (nSPS) is 23.7. The lowest BCUT2D eigenvalue weighted by atomic mass is 10.0. The zero-order valence-corrected chi connectivity index (χ0v) is 14.1. The first-order valence-electron chi connectivity index (χ1n) is 8.35. The van der Waals surface area contributed by atoms with Crippen LogP contribution in [0, 0.1) is 18.8 Å². The minimum absolute atomic E-state index is 0.0442. The van der Waals surface area contributed by atoms with Gasteiger partial charge in [-0.3, -0.25) is 14.7 Å². The first kappa shape index (κ1) is 15.3. The van der Waals surface area contributed by atoms with Gasteiger partial charge in [-0.05, 0) is 18.8 Å². The van der Waals surface area contributed by atoms with Gasteiger partial charge in [-0.25, -0.2) is 9.97 Å². The summed E-state index contributed by atoms with van der Waals surface area (Å²) in [6.45, 7) is 7.08. The van der Waals surface area contributed by atoms with Crippen LogP contribution in [-0.4, -0.2) is 50.6 Å². The zero-order chi connectivity index (χ0) is 16.7. The van der Waals surface area contributed by atoms with E-state index in [9.17, 15) is 4.79 Å². The summed E-state index contributed by atoms with van der Waals surface area (Å²) in [6, 6.07) is 0. The number of nitrogens with zero attached hydrogens (tertiary/aromatic N) is 6. The fourth-order valence-corrected chi connectivity index (χ4v) is 3.99. The number of hydrogen-bond acceptors (Lipinski definition) is 6. The zero-order valence-electron chi connectivity index (χ0n) is 14.1. The third-order valence-electron chi connectivity index (χ3n) is 5.28. The van der Waals surface area contributed by atoms with E-state index in [1.54, 1.807) is 17.1 Å². The van der Waals surface area contributed by atoms with Gasteiger partial charge >= 0.3 is 0 Å². The number of rotatable bonds is 3. The van der Waals surface area contributed by atoms with Crippen LogP contribution in [-0.2, 0) is 13.6 Å². The first-order valence-corrected chi connectivity index (χ1v) is 8.35. The molecular weight excluding hydrogens is 304 g/mol. The molecule has 0 N–H and O–H groups in total. The van der Waals surface area contributed by atoms with Gasteiger partial charge in [0.2, 0.25) is 0 Å². The molecule has 4 heterocycles. The van der Waals surface area contributed by atoms with Crippen molar-refractivity contribution in [2.45, 2.75) is 13.5 Å². The van der Waals surface area contributed by atoms with E-state index in [0.29, 0.717) is 11.8 Å². The van der Waals surface area contributed by atoms with Gasteiger partial charge in [0.1, 0.15) is 12.1 Å². The number of likely N-dealkylation sites (tertiary alicyclic amines) is 1. The van der Waals surface area contributed by atoms with Crippen LogP contribution in [0.5, 0.6) is 0 Å². The molecule has 126 valence electrons. The van der Waals surface area contributed by atoms with E-state index >= 15 is 0 Å². The largest absolute Gasteiger partial charge is 0.356 e. The Morgan fingerprint density at radius 1 is 1.08 bits per heavy atom. The van der Waals surface area contributed by atoms with E-state index in [2.05, 4.69) is 31.7 Å². The van der Waals surface area contributed by atoms with E-state index in [1.807, 2.05) is 13.2 Å². The summed E-state index contributed by atoms with van der Waals surface area (Å²) in [5.74, 6) is 2.39. The summed E-state index contributed by atoms with van der Waals surface area (Å²) in [5.41, 5.74) is 2.07. The molecule has 2 aromatic rings.